The Morgan fingerprint density at radius 1 is 0.596 bits per heavy atom. The molecule has 0 fully saturated rings. The van der Waals surface area contributed by atoms with Gasteiger partial charge in [0, 0.05) is 65.2 Å². The van der Waals surface area contributed by atoms with Gasteiger partial charge in [0.1, 0.15) is 17.3 Å². The monoisotopic (exact) mass is 683 g/mol. The van der Waals surface area contributed by atoms with E-state index >= 15 is 0 Å². The minimum absolute atomic E-state index is 0.00600. The smallest absolute Gasteiger partial charge is 0.137 e. The number of fused-ring (bicyclic) bond motifs is 8. The molecule has 5 aromatic carbocycles. The van der Waals surface area contributed by atoms with Crippen molar-refractivity contribution in [3.05, 3.63) is 127 Å². The fourth-order valence-corrected chi connectivity index (χ4v) is 8.04. The number of hydrogen-bond acceptors (Lipinski definition) is 4. The average Bonchev–Trinajstić information content (AvgIpc) is 3.74. The minimum Gasteiger partial charge on any atom is -0.457 e. The normalized spacial score (nSPS) is 13.6. The zero-order valence-corrected chi connectivity index (χ0v) is 31.3. The quantitative estimate of drug-likeness (QED) is 0.185. The highest BCUT2D eigenvalue weighted by atomic mass is 16.5. The van der Waals surface area contributed by atoms with Gasteiger partial charge in [0.2, 0.25) is 0 Å². The van der Waals surface area contributed by atoms with Crippen LogP contribution in [-0.2, 0) is 17.9 Å². The van der Waals surface area contributed by atoms with Crippen LogP contribution >= 0.6 is 0 Å². The van der Waals surface area contributed by atoms with E-state index in [1.165, 1.54) is 55.1 Å². The number of para-hydroxylation sites is 2. The molecule has 9 rings (SSSR count). The second-order valence-corrected chi connectivity index (χ2v) is 16.4. The lowest BCUT2D eigenvalue weighted by atomic mass is 9.86. The van der Waals surface area contributed by atoms with Gasteiger partial charge in [-0.3, -0.25) is 4.57 Å². The fourth-order valence-electron chi connectivity index (χ4n) is 8.04. The maximum Gasteiger partial charge on any atom is 0.137 e. The van der Waals surface area contributed by atoms with Gasteiger partial charge in [-0.05, 0) is 82.6 Å². The number of pyridine rings is 1. The van der Waals surface area contributed by atoms with Crippen LogP contribution in [0.25, 0.3) is 49.4 Å². The van der Waals surface area contributed by atoms with E-state index in [1.807, 2.05) is 6.20 Å². The van der Waals surface area contributed by atoms with E-state index in [4.69, 9.17) is 9.72 Å². The van der Waals surface area contributed by atoms with Crippen molar-refractivity contribution in [1.29, 1.82) is 0 Å². The van der Waals surface area contributed by atoms with Crippen LogP contribution in [0.4, 0.5) is 17.1 Å². The Morgan fingerprint density at radius 2 is 1.31 bits per heavy atom. The van der Waals surface area contributed by atoms with E-state index in [9.17, 15) is 0 Å². The molecule has 0 radical (unpaired) electrons. The summed E-state index contributed by atoms with van der Waals surface area (Å²) in [5.41, 5.74) is 10.7. The molecule has 0 spiro atoms. The van der Waals surface area contributed by atoms with Crippen molar-refractivity contribution in [3.63, 3.8) is 0 Å². The molecule has 0 saturated heterocycles. The van der Waals surface area contributed by atoms with Gasteiger partial charge in [-0.25, -0.2) is 4.98 Å². The molecular weight excluding hydrogens is 639 g/mol. The van der Waals surface area contributed by atoms with Crippen LogP contribution in [0.3, 0.4) is 0 Å². The molecule has 6 nitrogen and oxygen atoms in total. The predicted octanol–water partition coefficient (Wildman–Crippen LogP) is 11.8. The Bertz CT molecular complexity index is 2700. The molecule has 8 aromatic rings. The highest BCUT2D eigenvalue weighted by molar-refractivity contribution is 6.18. The molecule has 1 aliphatic heterocycles. The summed E-state index contributed by atoms with van der Waals surface area (Å²) in [4.78, 5) is 9.68. The maximum atomic E-state index is 6.86. The Balaban J connectivity index is 1.16. The van der Waals surface area contributed by atoms with Crippen LogP contribution < -0.4 is 14.5 Å². The maximum absolute atomic E-state index is 6.86. The van der Waals surface area contributed by atoms with Crippen molar-refractivity contribution in [1.82, 2.24) is 14.1 Å². The average molecular weight is 684 g/mol. The molecule has 0 N–H and O–H groups in total. The second kappa shape index (κ2) is 11.4. The molecule has 52 heavy (non-hydrogen) atoms. The van der Waals surface area contributed by atoms with Crippen molar-refractivity contribution in [2.45, 2.75) is 52.4 Å². The Labute approximate surface area is 305 Å². The lowest BCUT2D eigenvalue weighted by molar-refractivity contribution is 0.479. The Hall–Kier alpha value is -5.75. The van der Waals surface area contributed by atoms with Gasteiger partial charge in [0.25, 0.3) is 0 Å². The molecule has 0 saturated carbocycles. The summed E-state index contributed by atoms with van der Waals surface area (Å²) < 4.78 is 11.4. The number of rotatable bonds is 4. The Kier molecular flexibility index (Phi) is 7.04. The van der Waals surface area contributed by atoms with Crippen LogP contribution in [0, 0.1) is 0 Å². The van der Waals surface area contributed by atoms with Crippen LogP contribution in [0.5, 0.6) is 11.5 Å². The van der Waals surface area contributed by atoms with Gasteiger partial charge in [-0.15, -0.1) is 0 Å². The van der Waals surface area contributed by atoms with E-state index in [2.05, 4.69) is 184 Å². The summed E-state index contributed by atoms with van der Waals surface area (Å²) in [6.07, 6.45) is 1.93. The molecule has 4 heterocycles. The SMILES string of the molecule is CN1CN(c2cc(Oc3ccc4c5ccccc5n(-c5cc(C(C)(C)C)ccn5)c4c3)cc(C(C)(C)C)c2)c2ccc3c(c21)c1ccccc1n3C. The van der Waals surface area contributed by atoms with E-state index in [0.717, 1.165) is 40.7 Å². The topological polar surface area (TPSA) is 38.5 Å². The highest BCUT2D eigenvalue weighted by Gasteiger charge is 2.30. The molecule has 1 aliphatic rings. The molecule has 0 unspecified atom stereocenters. The third-order valence-electron chi connectivity index (χ3n) is 10.8. The van der Waals surface area contributed by atoms with Crippen LogP contribution in [0.15, 0.2) is 115 Å². The van der Waals surface area contributed by atoms with E-state index < -0.39 is 0 Å². The molecule has 0 atom stereocenters. The molecule has 6 heteroatoms. The summed E-state index contributed by atoms with van der Waals surface area (Å²) in [7, 11) is 4.36. The summed E-state index contributed by atoms with van der Waals surface area (Å²) >= 11 is 0. The van der Waals surface area contributed by atoms with Crippen molar-refractivity contribution in [2.75, 3.05) is 23.5 Å². The standard InChI is InChI=1S/C46H45N5O/c1-45(2,3)29-21-22-47-42(25-29)51-38-16-12-9-13-34(38)35-18-17-32(27-41(35)51)52-33-24-30(46(4,5)6)23-31(26-33)50-28-48(7)44-40(50)20-19-39-43(44)36-14-10-11-15-37(36)49(39)8/h9-27H,28H2,1-8H3. The highest BCUT2D eigenvalue weighted by Crippen LogP contribution is 2.48. The number of benzene rings is 5. The lowest BCUT2D eigenvalue weighted by Crippen LogP contribution is -2.24. The van der Waals surface area contributed by atoms with Crippen molar-refractivity contribution >= 4 is 60.7 Å². The number of anilines is 3. The van der Waals surface area contributed by atoms with Crippen molar-refractivity contribution in [3.8, 4) is 17.3 Å². The number of ether oxygens (including phenoxy) is 1. The Morgan fingerprint density at radius 3 is 2.08 bits per heavy atom. The molecule has 3 aromatic heterocycles. The van der Waals surface area contributed by atoms with Gasteiger partial charge in [-0.1, -0.05) is 77.9 Å². The first kappa shape index (κ1) is 32.2. The van der Waals surface area contributed by atoms with E-state index in [0.29, 0.717) is 0 Å². The number of aryl methyl sites for hydroxylation is 1. The number of hydrogen-bond donors (Lipinski definition) is 0. The van der Waals surface area contributed by atoms with E-state index in [-0.39, 0.29) is 10.8 Å². The summed E-state index contributed by atoms with van der Waals surface area (Å²) in [5.74, 6) is 2.52. The van der Waals surface area contributed by atoms with Gasteiger partial charge in [-0.2, -0.15) is 0 Å². The summed E-state index contributed by atoms with van der Waals surface area (Å²) in [6, 6.07) is 39.3. The second-order valence-electron chi connectivity index (χ2n) is 16.4. The lowest BCUT2D eigenvalue weighted by Gasteiger charge is -2.25. The van der Waals surface area contributed by atoms with Crippen LogP contribution in [0.2, 0.25) is 0 Å². The van der Waals surface area contributed by atoms with Gasteiger partial charge in [0.05, 0.1) is 34.6 Å². The van der Waals surface area contributed by atoms with Crippen molar-refractivity contribution < 1.29 is 4.74 Å². The zero-order valence-electron chi connectivity index (χ0n) is 31.3. The third kappa shape index (κ3) is 5.03. The number of nitrogens with zero attached hydrogens (tertiary/aromatic N) is 5. The van der Waals surface area contributed by atoms with Gasteiger partial charge >= 0.3 is 0 Å². The van der Waals surface area contributed by atoms with Crippen molar-refractivity contribution in [2.24, 2.45) is 7.05 Å². The van der Waals surface area contributed by atoms with Gasteiger partial charge in [0.15, 0.2) is 0 Å². The summed E-state index contributed by atoms with van der Waals surface area (Å²) in [6.45, 7) is 14.3. The molecule has 0 bridgehead atoms. The predicted molar refractivity (Wildman–Crippen MR) is 218 cm³/mol. The molecule has 0 amide bonds. The molecule has 0 aliphatic carbocycles. The van der Waals surface area contributed by atoms with Crippen LogP contribution in [0.1, 0.15) is 52.7 Å². The molecular formula is C46H45N5O. The minimum atomic E-state index is -0.0811. The zero-order chi connectivity index (χ0) is 36.1. The first-order chi connectivity index (χ1) is 24.9. The van der Waals surface area contributed by atoms with E-state index in [1.54, 1.807) is 0 Å². The van der Waals surface area contributed by atoms with Gasteiger partial charge < -0.3 is 19.1 Å². The molecule has 260 valence electrons. The fraction of sp³-hybridized carbons (Fsp3) is 0.239. The largest absolute Gasteiger partial charge is 0.457 e. The first-order valence-electron chi connectivity index (χ1n) is 18.2. The van der Waals surface area contributed by atoms with Crippen LogP contribution in [-0.4, -0.2) is 27.8 Å². The number of aromatic nitrogens is 3. The first-order valence-corrected chi connectivity index (χ1v) is 18.2. The third-order valence-corrected chi connectivity index (χ3v) is 10.8. The summed E-state index contributed by atoms with van der Waals surface area (Å²) in [5, 5.41) is 4.95.